The standard InChI is InChI=1S/C21H16ClNO5/c1-25-15-4-5-16(26-2)20-19(15)18(27-3)9-12-14(24)10-17(28-21(12)20)13-8-11(22)6-7-23-13/h4-10H,1-3H3. The van der Waals surface area contributed by atoms with Crippen LogP contribution < -0.4 is 19.6 Å². The van der Waals surface area contributed by atoms with Crippen molar-refractivity contribution >= 4 is 33.3 Å². The Morgan fingerprint density at radius 3 is 2.21 bits per heavy atom. The zero-order valence-electron chi connectivity index (χ0n) is 15.4. The number of halogens is 1. The predicted molar refractivity (Wildman–Crippen MR) is 108 cm³/mol. The molecule has 2 heterocycles. The van der Waals surface area contributed by atoms with Gasteiger partial charge in [-0.15, -0.1) is 0 Å². The molecule has 142 valence electrons. The zero-order chi connectivity index (χ0) is 19.8. The van der Waals surface area contributed by atoms with Crippen LogP contribution in [-0.4, -0.2) is 26.3 Å². The van der Waals surface area contributed by atoms with Crippen molar-refractivity contribution in [2.75, 3.05) is 21.3 Å². The number of nitrogens with zero attached hydrogens (tertiary/aromatic N) is 1. The summed E-state index contributed by atoms with van der Waals surface area (Å²) in [6, 6.07) is 9.84. The van der Waals surface area contributed by atoms with Gasteiger partial charge in [0.25, 0.3) is 0 Å². The van der Waals surface area contributed by atoms with E-state index in [0.29, 0.717) is 55.5 Å². The molecule has 28 heavy (non-hydrogen) atoms. The zero-order valence-corrected chi connectivity index (χ0v) is 16.2. The minimum atomic E-state index is -0.233. The molecule has 0 N–H and O–H groups in total. The van der Waals surface area contributed by atoms with Crippen LogP contribution in [0.25, 0.3) is 33.2 Å². The number of benzene rings is 2. The Hall–Kier alpha value is -3.25. The Balaban J connectivity index is 2.19. The first kappa shape index (κ1) is 18.1. The number of methoxy groups -OCH3 is 3. The van der Waals surface area contributed by atoms with Gasteiger partial charge in [-0.05, 0) is 30.3 Å². The maximum Gasteiger partial charge on any atom is 0.193 e. The smallest absolute Gasteiger partial charge is 0.193 e. The van der Waals surface area contributed by atoms with Gasteiger partial charge in [-0.25, -0.2) is 0 Å². The summed E-state index contributed by atoms with van der Waals surface area (Å²) in [4.78, 5) is 17.1. The molecule has 7 heteroatoms. The maximum absolute atomic E-state index is 12.9. The normalized spacial score (nSPS) is 11.0. The van der Waals surface area contributed by atoms with Crippen molar-refractivity contribution in [1.29, 1.82) is 0 Å². The van der Waals surface area contributed by atoms with E-state index < -0.39 is 0 Å². The first-order valence-electron chi connectivity index (χ1n) is 8.39. The summed E-state index contributed by atoms with van der Waals surface area (Å²) in [6.07, 6.45) is 1.55. The molecule has 0 aliphatic carbocycles. The van der Waals surface area contributed by atoms with E-state index in [1.54, 1.807) is 50.7 Å². The summed E-state index contributed by atoms with van der Waals surface area (Å²) in [7, 11) is 4.64. The summed E-state index contributed by atoms with van der Waals surface area (Å²) in [5, 5.41) is 2.08. The molecule has 0 amide bonds. The second kappa shape index (κ2) is 7.05. The van der Waals surface area contributed by atoms with Crippen LogP contribution in [0.3, 0.4) is 0 Å². The highest BCUT2D eigenvalue weighted by atomic mass is 35.5. The lowest BCUT2D eigenvalue weighted by molar-refractivity contribution is 0.400. The number of ether oxygens (including phenoxy) is 3. The van der Waals surface area contributed by atoms with Gasteiger partial charge in [-0.2, -0.15) is 0 Å². The van der Waals surface area contributed by atoms with Gasteiger partial charge in [0.05, 0.1) is 37.5 Å². The molecule has 0 radical (unpaired) electrons. The molecule has 6 nitrogen and oxygen atoms in total. The Morgan fingerprint density at radius 2 is 1.57 bits per heavy atom. The van der Waals surface area contributed by atoms with E-state index in [1.165, 1.54) is 13.2 Å². The first-order valence-corrected chi connectivity index (χ1v) is 8.76. The van der Waals surface area contributed by atoms with Crippen LogP contribution in [0.4, 0.5) is 0 Å². The number of fused-ring (bicyclic) bond motifs is 3. The summed E-state index contributed by atoms with van der Waals surface area (Å²) in [5.41, 5.74) is 0.580. The second-order valence-corrected chi connectivity index (χ2v) is 6.45. The molecule has 0 saturated carbocycles. The molecule has 0 aliphatic rings. The van der Waals surface area contributed by atoms with Crippen LogP contribution in [0, 0.1) is 0 Å². The van der Waals surface area contributed by atoms with E-state index in [9.17, 15) is 4.79 Å². The van der Waals surface area contributed by atoms with Crippen LogP contribution in [0.1, 0.15) is 0 Å². The van der Waals surface area contributed by atoms with Crippen molar-refractivity contribution < 1.29 is 18.6 Å². The third-order valence-electron chi connectivity index (χ3n) is 4.50. The third-order valence-corrected chi connectivity index (χ3v) is 4.73. The lowest BCUT2D eigenvalue weighted by Gasteiger charge is -2.15. The van der Waals surface area contributed by atoms with E-state index >= 15 is 0 Å². The fraction of sp³-hybridized carbons (Fsp3) is 0.143. The summed E-state index contributed by atoms with van der Waals surface area (Å²) >= 11 is 6.06. The van der Waals surface area contributed by atoms with Crippen molar-refractivity contribution in [3.05, 3.63) is 57.8 Å². The van der Waals surface area contributed by atoms with Gasteiger partial charge in [0.15, 0.2) is 16.8 Å². The highest BCUT2D eigenvalue weighted by Crippen LogP contribution is 2.43. The molecule has 2 aromatic carbocycles. The van der Waals surface area contributed by atoms with Gasteiger partial charge in [-0.1, -0.05) is 11.6 Å². The minimum Gasteiger partial charge on any atom is -0.496 e. The van der Waals surface area contributed by atoms with E-state index in [-0.39, 0.29) is 5.43 Å². The topological polar surface area (TPSA) is 70.8 Å². The summed E-state index contributed by atoms with van der Waals surface area (Å²) < 4.78 is 22.7. The molecule has 0 atom stereocenters. The number of rotatable bonds is 4. The molecular formula is C21H16ClNO5. The maximum atomic E-state index is 12.9. The van der Waals surface area contributed by atoms with E-state index in [2.05, 4.69) is 4.98 Å². The van der Waals surface area contributed by atoms with Crippen LogP contribution in [0.2, 0.25) is 5.02 Å². The van der Waals surface area contributed by atoms with Gasteiger partial charge >= 0.3 is 0 Å². The SMILES string of the molecule is COc1ccc(OC)c2c1c(OC)cc1c(=O)cc(-c3cc(Cl)ccn3)oc12. The summed E-state index contributed by atoms with van der Waals surface area (Å²) in [5.74, 6) is 1.89. The number of hydrogen-bond acceptors (Lipinski definition) is 6. The quantitative estimate of drug-likeness (QED) is 0.465. The lowest BCUT2D eigenvalue weighted by Crippen LogP contribution is -2.03. The van der Waals surface area contributed by atoms with Crippen molar-refractivity contribution in [2.24, 2.45) is 0 Å². The summed E-state index contributed by atoms with van der Waals surface area (Å²) in [6.45, 7) is 0. The highest BCUT2D eigenvalue weighted by Gasteiger charge is 2.20. The number of pyridine rings is 1. The average molecular weight is 398 g/mol. The molecule has 0 bridgehead atoms. The molecule has 0 spiro atoms. The van der Waals surface area contributed by atoms with Gasteiger partial charge < -0.3 is 18.6 Å². The van der Waals surface area contributed by atoms with Gasteiger partial charge in [-0.3, -0.25) is 9.78 Å². The van der Waals surface area contributed by atoms with Crippen LogP contribution in [0.15, 0.2) is 51.8 Å². The predicted octanol–water partition coefficient (Wildman–Crippen LogP) is 4.69. The first-order chi connectivity index (χ1) is 13.6. The highest BCUT2D eigenvalue weighted by molar-refractivity contribution is 6.30. The molecule has 2 aromatic heterocycles. The Labute approximate surface area is 165 Å². The largest absolute Gasteiger partial charge is 0.496 e. The molecule has 0 saturated heterocycles. The van der Waals surface area contributed by atoms with Crippen molar-refractivity contribution in [3.63, 3.8) is 0 Å². The van der Waals surface area contributed by atoms with E-state index in [0.717, 1.165) is 0 Å². The number of aromatic nitrogens is 1. The lowest BCUT2D eigenvalue weighted by atomic mass is 10.0. The van der Waals surface area contributed by atoms with Crippen LogP contribution in [0.5, 0.6) is 17.2 Å². The third kappa shape index (κ3) is 2.82. The van der Waals surface area contributed by atoms with Crippen LogP contribution in [-0.2, 0) is 0 Å². The van der Waals surface area contributed by atoms with Crippen LogP contribution >= 0.6 is 11.6 Å². The average Bonchev–Trinajstić information content (AvgIpc) is 2.72. The molecule has 4 aromatic rings. The van der Waals surface area contributed by atoms with E-state index in [4.69, 9.17) is 30.2 Å². The fourth-order valence-corrected chi connectivity index (χ4v) is 3.39. The molecule has 4 rings (SSSR count). The Morgan fingerprint density at radius 1 is 0.893 bits per heavy atom. The Bertz CT molecular complexity index is 1270. The minimum absolute atomic E-state index is 0.233. The molecule has 0 aliphatic heterocycles. The van der Waals surface area contributed by atoms with Gasteiger partial charge in [0.2, 0.25) is 0 Å². The second-order valence-electron chi connectivity index (χ2n) is 6.01. The Kier molecular flexibility index (Phi) is 4.57. The van der Waals surface area contributed by atoms with E-state index in [1.807, 2.05) is 0 Å². The van der Waals surface area contributed by atoms with Crippen molar-refractivity contribution in [3.8, 4) is 28.7 Å². The van der Waals surface area contributed by atoms with Crippen molar-refractivity contribution in [1.82, 2.24) is 4.98 Å². The molecular weight excluding hydrogens is 382 g/mol. The fourth-order valence-electron chi connectivity index (χ4n) is 3.23. The monoisotopic (exact) mass is 397 g/mol. The number of hydrogen-bond donors (Lipinski definition) is 0. The molecule has 0 fully saturated rings. The molecule has 0 unspecified atom stereocenters. The van der Waals surface area contributed by atoms with Gasteiger partial charge in [0, 0.05) is 17.3 Å². The van der Waals surface area contributed by atoms with Crippen molar-refractivity contribution in [2.45, 2.75) is 0 Å². The van der Waals surface area contributed by atoms with Gasteiger partial charge in [0.1, 0.15) is 22.9 Å².